The summed E-state index contributed by atoms with van der Waals surface area (Å²) in [6, 6.07) is 24.6. The Balaban J connectivity index is 1.73. The van der Waals surface area contributed by atoms with E-state index in [0.29, 0.717) is 17.1 Å². The van der Waals surface area contributed by atoms with Crippen molar-refractivity contribution in [1.29, 1.82) is 0 Å². The van der Waals surface area contributed by atoms with Crippen LogP contribution in [0.1, 0.15) is 16.7 Å². The Morgan fingerprint density at radius 2 is 1.68 bits per heavy atom. The molecule has 1 unspecified atom stereocenters. The predicted octanol–water partition coefficient (Wildman–Crippen LogP) is 5.35. The molecule has 1 atom stereocenters. The zero-order chi connectivity index (χ0) is 21.8. The van der Waals surface area contributed by atoms with E-state index >= 15 is 0 Å². The third-order valence-electron chi connectivity index (χ3n) is 5.27. The van der Waals surface area contributed by atoms with E-state index in [-0.39, 0.29) is 6.04 Å². The number of hydrogen-bond acceptors (Lipinski definition) is 4. The zero-order valence-electron chi connectivity index (χ0n) is 17.6. The molecule has 4 rings (SSSR count). The first-order chi connectivity index (χ1) is 15.0. The van der Waals surface area contributed by atoms with Crippen LogP contribution in [0.4, 0.5) is 0 Å². The molecule has 0 amide bonds. The van der Waals surface area contributed by atoms with Gasteiger partial charge in [-0.2, -0.15) is 0 Å². The van der Waals surface area contributed by atoms with Crippen molar-refractivity contribution in [1.82, 2.24) is 4.31 Å². The van der Waals surface area contributed by atoms with Gasteiger partial charge < -0.3 is 4.74 Å². The summed E-state index contributed by atoms with van der Waals surface area (Å²) in [6.45, 7) is 1.95. The first kappa shape index (κ1) is 21.5. The molecule has 0 aromatic heterocycles. The van der Waals surface area contributed by atoms with Gasteiger partial charge in [0.15, 0.2) is 0 Å². The van der Waals surface area contributed by atoms with Crippen LogP contribution in [0, 0.1) is 6.92 Å². The lowest BCUT2D eigenvalue weighted by Gasteiger charge is -2.26. The second kappa shape index (κ2) is 9.20. The lowest BCUT2D eigenvalue weighted by molar-refractivity contribution is 0.414. The highest BCUT2D eigenvalue weighted by molar-refractivity contribution is 8.04. The van der Waals surface area contributed by atoms with Crippen LogP contribution < -0.4 is 4.74 Å². The molecule has 1 saturated heterocycles. The van der Waals surface area contributed by atoms with E-state index in [1.54, 1.807) is 35.3 Å². The Kier molecular flexibility index (Phi) is 6.39. The van der Waals surface area contributed by atoms with Gasteiger partial charge in [-0.3, -0.25) is 4.31 Å². The van der Waals surface area contributed by atoms with Crippen LogP contribution in [0.15, 0.2) is 88.8 Å². The molecule has 1 aliphatic heterocycles. The minimum atomic E-state index is -3.69. The van der Waals surface area contributed by atoms with Crippen LogP contribution in [0.3, 0.4) is 0 Å². The van der Waals surface area contributed by atoms with Gasteiger partial charge in [0.25, 0.3) is 10.0 Å². The molecule has 3 aromatic carbocycles. The topological polar surface area (TPSA) is 46.6 Å². The molecular weight excluding hydrogens is 426 g/mol. The number of benzene rings is 3. The molecule has 160 valence electrons. The smallest absolute Gasteiger partial charge is 0.265 e. The quantitative estimate of drug-likeness (QED) is 0.507. The Hall–Kier alpha value is -2.70. The molecule has 4 nitrogen and oxygen atoms in total. The van der Waals surface area contributed by atoms with Gasteiger partial charge in [-0.05, 0) is 54.8 Å². The van der Waals surface area contributed by atoms with Crippen molar-refractivity contribution in [2.45, 2.75) is 24.3 Å². The molecule has 1 aliphatic rings. The number of sulfonamides is 1. The van der Waals surface area contributed by atoms with E-state index in [0.717, 1.165) is 27.5 Å². The van der Waals surface area contributed by atoms with E-state index in [4.69, 9.17) is 4.74 Å². The van der Waals surface area contributed by atoms with Crippen molar-refractivity contribution in [3.05, 3.63) is 101 Å². The van der Waals surface area contributed by atoms with Crippen molar-refractivity contribution < 1.29 is 13.2 Å². The van der Waals surface area contributed by atoms with Crippen LogP contribution in [-0.2, 0) is 16.4 Å². The molecule has 1 fully saturated rings. The van der Waals surface area contributed by atoms with E-state index in [2.05, 4.69) is 0 Å². The van der Waals surface area contributed by atoms with E-state index in [1.807, 2.05) is 79.7 Å². The molecule has 0 bridgehead atoms. The van der Waals surface area contributed by atoms with Crippen LogP contribution in [0.25, 0.3) is 6.08 Å². The van der Waals surface area contributed by atoms with Crippen LogP contribution in [-0.4, -0.2) is 31.6 Å². The molecule has 0 radical (unpaired) electrons. The SMILES string of the molecule is COc1ccc(C=C2SCC(Cc3ccccc3)N2S(=O)(=O)c2ccc(C)cc2)cc1. The number of hydrogen-bond donors (Lipinski definition) is 0. The van der Waals surface area contributed by atoms with Gasteiger partial charge in [-0.25, -0.2) is 8.42 Å². The highest BCUT2D eigenvalue weighted by atomic mass is 32.2. The lowest BCUT2D eigenvalue weighted by Crippen LogP contribution is -2.37. The fourth-order valence-corrected chi connectivity index (χ4v) is 6.82. The van der Waals surface area contributed by atoms with E-state index in [9.17, 15) is 8.42 Å². The molecule has 0 spiro atoms. The molecule has 31 heavy (non-hydrogen) atoms. The van der Waals surface area contributed by atoms with Crippen LogP contribution in [0.2, 0.25) is 0 Å². The standard InChI is InChI=1S/C25H25NO3S2/c1-19-8-14-24(15-9-19)31(27,28)26-22(16-20-6-4-3-5-7-20)18-30-25(26)17-21-10-12-23(29-2)13-11-21/h3-15,17,22H,16,18H2,1-2H3. The zero-order valence-corrected chi connectivity index (χ0v) is 19.2. The minimum Gasteiger partial charge on any atom is -0.497 e. The van der Waals surface area contributed by atoms with Gasteiger partial charge in [0.2, 0.25) is 0 Å². The second-order valence-corrected chi connectivity index (χ2v) is 10.4. The summed E-state index contributed by atoms with van der Waals surface area (Å²) in [5, 5.41) is 0.742. The maximum Gasteiger partial charge on any atom is 0.265 e. The van der Waals surface area contributed by atoms with Gasteiger partial charge >= 0.3 is 0 Å². The second-order valence-electron chi connectivity index (χ2n) is 7.52. The number of rotatable bonds is 6. The molecular formula is C25H25NO3S2. The van der Waals surface area contributed by atoms with Crippen LogP contribution in [0.5, 0.6) is 5.75 Å². The largest absolute Gasteiger partial charge is 0.497 e. The lowest BCUT2D eigenvalue weighted by atomic mass is 10.1. The Morgan fingerprint density at radius 1 is 1.00 bits per heavy atom. The summed E-state index contributed by atoms with van der Waals surface area (Å²) in [5.74, 6) is 1.48. The van der Waals surface area contributed by atoms with Crippen molar-refractivity contribution in [2.24, 2.45) is 0 Å². The first-order valence-electron chi connectivity index (χ1n) is 10.1. The van der Waals surface area contributed by atoms with Gasteiger partial charge in [0, 0.05) is 5.75 Å². The molecule has 0 aliphatic carbocycles. The van der Waals surface area contributed by atoms with Crippen LogP contribution >= 0.6 is 11.8 Å². The average molecular weight is 452 g/mol. The maximum atomic E-state index is 13.7. The van der Waals surface area contributed by atoms with Crippen molar-refractivity contribution in [3.8, 4) is 5.75 Å². The molecule has 6 heteroatoms. The Bertz CT molecular complexity index is 1160. The van der Waals surface area contributed by atoms with Crippen molar-refractivity contribution >= 4 is 27.9 Å². The van der Waals surface area contributed by atoms with Gasteiger partial charge in [0.05, 0.1) is 23.1 Å². The summed E-state index contributed by atoms with van der Waals surface area (Å²) < 4.78 is 34.2. The summed E-state index contributed by atoms with van der Waals surface area (Å²) in [5.41, 5.74) is 3.10. The van der Waals surface area contributed by atoms with E-state index in [1.165, 1.54) is 0 Å². The first-order valence-corrected chi connectivity index (χ1v) is 12.5. The molecule has 3 aromatic rings. The fraction of sp³-hybridized carbons (Fsp3) is 0.200. The third kappa shape index (κ3) is 4.81. The predicted molar refractivity (Wildman–Crippen MR) is 128 cm³/mol. The Labute approximate surface area is 188 Å². The third-order valence-corrected chi connectivity index (χ3v) is 8.43. The van der Waals surface area contributed by atoms with Crippen molar-refractivity contribution in [3.63, 3.8) is 0 Å². The number of nitrogens with zero attached hydrogens (tertiary/aromatic N) is 1. The summed E-state index contributed by atoms with van der Waals surface area (Å²) in [4.78, 5) is 0.319. The summed E-state index contributed by atoms with van der Waals surface area (Å²) in [6.07, 6.45) is 2.61. The maximum absolute atomic E-state index is 13.7. The monoisotopic (exact) mass is 451 g/mol. The van der Waals surface area contributed by atoms with Gasteiger partial charge in [0.1, 0.15) is 5.75 Å². The highest BCUT2D eigenvalue weighted by Gasteiger charge is 2.38. The number of methoxy groups -OCH3 is 1. The average Bonchev–Trinajstić information content (AvgIpc) is 3.18. The van der Waals surface area contributed by atoms with Crippen molar-refractivity contribution in [2.75, 3.05) is 12.9 Å². The van der Waals surface area contributed by atoms with Gasteiger partial charge in [-0.15, -0.1) is 11.8 Å². The summed E-state index contributed by atoms with van der Waals surface area (Å²) >= 11 is 1.58. The van der Waals surface area contributed by atoms with Gasteiger partial charge in [-0.1, -0.05) is 60.2 Å². The molecule has 0 saturated carbocycles. The number of aryl methyl sites for hydroxylation is 1. The fourth-order valence-electron chi connectivity index (χ4n) is 3.61. The minimum absolute atomic E-state index is 0.150. The molecule has 1 heterocycles. The molecule has 0 N–H and O–H groups in total. The van der Waals surface area contributed by atoms with E-state index < -0.39 is 10.0 Å². The normalized spacial score (nSPS) is 17.8. The Morgan fingerprint density at radius 3 is 2.32 bits per heavy atom. The number of ether oxygens (including phenoxy) is 1. The highest BCUT2D eigenvalue weighted by Crippen LogP contribution is 2.40. The summed E-state index contributed by atoms with van der Waals surface area (Å²) in [7, 11) is -2.06. The number of thioether (sulfide) groups is 1.